The van der Waals surface area contributed by atoms with Crippen LogP contribution in [0, 0.1) is 10.1 Å². The molecule has 108 valence electrons. The van der Waals surface area contributed by atoms with E-state index in [1.54, 1.807) is 6.07 Å². The highest BCUT2D eigenvalue weighted by molar-refractivity contribution is 6.09. The van der Waals surface area contributed by atoms with E-state index in [1.807, 2.05) is 25.1 Å². The number of carbonyl (C=O) groups excluding carboxylic acids is 1. The third-order valence-corrected chi connectivity index (χ3v) is 3.17. The molecule has 0 bridgehead atoms. The Labute approximate surface area is 121 Å². The Hall–Kier alpha value is -2.89. The van der Waals surface area contributed by atoms with Crippen molar-refractivity contribution in [2.45, 2.75) is 13.3 Å². The quantitative estimate of drug-likeness (QED) is 0.512. The molecule has 0 saturated heterocycles. The lowest BCUT2D eigenvalue weighted by atomic mass is 10.1. The summed E-state index contributed by atoms with van der Waals surface area (Å²) in [4.78, 5) is 22.5. The molecule has 0 aliphatic carbocycles. The van der Waals surface area contributed by atoms with Crippen LogP contribution < -0.4 is 11.1 Å². The Morgan fingerprint density at radius 1 is 1.24 bits per heavy atom. The monoisotopic (exact) mass is 285 g/mol. The molecule has 0 atom stereocenters. The molecule has 6 nitrogen and oxygen atoms in total. The maximum absolute atomic E-state index is 12.3. The number of carbonyl (C=O) groups is 1. The van der Waals surface area contributed by atoms with Crippen LogP contribution in [0.5, 0.6) is 0 Å². The van der Waals surface area contributed by atoms with E-state index in [2.05, 4.69) is 5.32 Å². The fourth-order valence-corrected chi connectivity index (χ4v) is 2.05. The molecule has 0 spiro atoms. The van der Waals surface area contributed by atoms with E-state index in [1.165, 1.54) is 18.2 Å². The molecule has 0 aromatic heterocycles. The number of hydrogen-bond acceptors (Lipinski definition) is 4. The van der Waals surface area contributed by atoms with Crippen molar-refractivity contribution >= 4 is 23.0 Å². The number of nitrogens with one attached hydrogen (secondary N) is 1. The van der Waals surface area contributed by atoms with Crippen LogP contribution in [-0.4, -0.2) is 10.8 Å². The lowest BCUT2D eigenvalue weighted by Crippen LogP contribution is -2.15. The molecular weight excluding hydrogens is 270 g/mol. The van der Waals surface area contributed by atoms with Gasteiger partial charge in [0, 0.05) is 11.8 Å². The van der Waals surface area contributed by atoms with Gasteiger partial charge in [0.2, 0.25) is 0 Å². The third-order valence-electron chi connectivity index (χ3n) is 3.17. The van der Waals surface area contributed by atoms with Crippen LogP contribution in [0.25, 0.3) is 0 Å². The highest BCUT2D eigenvalue weighted by Gasteiger charge is 2.19. The minimum absolute atomic E-state index is 0.0927. The van der Waals surface area contributed by atoms with Crippen LogP contribution in [0.2, 0.25) is 0 Å². The maximum Gasteiger partial charge on any atom is 0.292 e. The molecule has 0 aliphatic heterocycles. The average molecular weight is 285 g/mol. The largest absolute Gasteiger partial charge is 0.393 e. The van der Waals surface area contributed by atoms with Gasteiger partial charge < -0.3 is 11.1 Å². The first-order valence-electron chi connectivity index (χ1n) is 6.46. The van der Waals surface area contributed by atoms with Crippen molar-refractivity contribution in [2.24, 2.45) is 0 Å². The summed E-state index contributed by atoms with van der Waals surface area (Å²) in [5.74, 6) is -0.461. The number of amides is 1. The van der Waals surface area contributed by atoms with Gasteiger partial charge in [0.25, 0.3) is 11.6 Å². The molecule has 0 aliphatic rings. The van der Waals surface area contributed by atoms with Gasteiger partial charge in [-0.25, -0.2) is 0 Å². The Kier molecular flexibility index (Phi) is 4.18. The van der Waals surface area contributed by atoms with Gasteiger partial charge in [0.05, 0.1) is 10.5 Å². The summed E-state index contributed by atoms with van der Waals surface area (Å²) >= 11 is 0. The second kappa shape index (κ2) is 6.04. The fraction of sp³-hybridized carbons (Fsp3) is 0.133. The van der Waals surface area contributed by atoms with E-state index >= 15 is 0 Å². The van der Waals surface area contributed by atoms with Crippen LogP contribution in [0.1, 0.15) is 22.8 Å². The molecule has 6 heteroatoms. The van der Waals surface area contributed by atoms with Crippen LogP contribution in [0.4, 0.5) is 17.1 Å². The van der Waals surface area contributed by atoms with Crippen LogP contribution in [-0.2, 0) is 6.42 Å². The molecule has 2 rings (SSSR count). The molecule has 2 aromatic rings. The van der Waals surface area contributed by atoms with E-state index in [4.69, 9.17) is 5.73 Å². The standard InChI is InChI=1S/C15H15N3O3/c1-2-10-6-3-4-8-12(10)17-15(19)11-7-5-9-13(14(11)16)18(20)21/h3-9H,2,16H2,1H3,(H,17,19). The molecule has 3 N–H and O–H groups in total. The number of benzene rings is 2. The second-order valence-corrected chi connectivity index (χ2v) is 4.46. The highest BCUT2D eigenvalue weighted by atomic mass is 16.6. The Morgan fingerprint density at radius 3 is 2.62 bits per heavy atom. The Balaban J connectivity index is 2.33. The molecule has 0 fully saturated rings. The van der Waals surface area contributed by atoms with Gasteiger partial charge in [-0.15, -0.1) is 0 Å². The van der Waals surface area contributed by atoms with Crippen LogP contribution in [0.15, 0.2) is 42.5 Å². The van der Waals surface area contributed by atoms with Gasteiger partial charge in [-0.2, -0.15) is 0 Å². The number of para-hydroxylation sites is 2. The van der Waals surface area contributed by atoms with E-state index in [9.17, 15) is 14.9 Å². The third kappa shape index (κ3) is 3.00. The van der Waals surface area contributed by atoms with E-state index in [0.717, 1.165) is 12.0 Å². The minimum Gasteiger partial charge on any atom is -0.393 e. The first-order valence-corrected chi connectivity index (χ1v) is 6.46. The predicted octanol–water partition coefficient (Wildman–Crippen LogP) is 2.99. The SMILES string of the molecule is CCc1ccccc1NC(=O)c1cccc([N+](=O)[O-])c1N. The summed E-state index contributed by atoms with van der Waals surface area (Å²) in [7, 11) is 0. The topological polar surface area (TPSA) is 98.3 Å². The first kappa shape index (κ1) is 14.5. The number of nitrogens with two attached hydrogens (primary N) is 1. The summed E-state index contributed by atoms with van der Waals surface area (Å²) in [5, 5.41) is 13.6. The molecule has 0 heterocycles. The van der Waals surface area contributed by atoms with Gasteiger partial charge in [0.15, 0.2) is 0 Å². The molecule has 1 amide bonds. The van der Waals surface area contributed by atoms with Crippen molar-refractivity contribution < 1.29 is 9.72 Å². The smallest absolute Gasteiger partial charge is 0.292 e. The van der Waals surface area contributed by atoms with Crippen molar-refractivity contribution in [3.05, 3.63) is 63.7 Å². The lowest BCUT2D eigenvalue weighted by molar-refractivity contribution is -0.383. The average Bonchev–Trinajstić information content (AvgIpc) is 2.47. The number of aryl methyl sites for hydroxylation is 1. The van der Waals surface area contributed by atoms with Gasteiger partial charge in [-0.1, -0.05) is 31.2 Å². The number of nitro benzene ring substituents is 1. The van der Waals surface area contributed by atoms with Crippen molar-refractivity contribution in [2.75, 3.05) is 11.1 Å². The summed E-state index contributed by atoms with van der Waals surface area (Å²) < 4.78 is 0. The molecule has 0 radical (unpaired) electrons. The van der Waals surface area contributed by atoms with Crippen molar-refractivity contribution in [3.63, 3.8) is 0 Å². The lowest BCUT2D eigenvalue weighted by Gasteiger charge is -2.11. The second-order valence-electron chi connectivity index (χ2n) is 4.46. The molecular formula is C15H15N3O3. The van der Waals surface area contributed by atoms with E-state index in [0.29, 0.717) is 5.69 Å². The predicted molar refractivity (Wildman–Crippen MR) is 81.3 cm³/mol. The van der Waals surface area contributed by atoms with Crippen molar-refractivity contribution in [1.29, 1.82) is 0 Å². The zero-order chi connectivity index (χ0) is 15.4. The highest BCUT2D eigenvalue weighted by Crippen LogP contribution is 2.26. The van der Waals surface area contributed by atoms with E-state index in [-0.39, 0.29) is 16.9 Å². The van der Waals surface area contributed by atoms with Crippen molar-refractivity contribution in [3.8, 4) is 0 Å². The van der Waals surface area contributed by atoms with Gasteiger partial charge >= 0.3 is 0 Å². The van der Waals surface area contributed by atoms with Gasteiger partial charge in [-0.3, -0.25) is 14.9 Å². The number of nitrogens with zero attached hydrogens (tertiary/aromatic N) is 1. The first-order chi connectivity index (χ1) is 10.0. The maximum atomic E-state index is 12.3. The van der Waals surface area contributed by atoms with E-state index < -0.39 is 10.8 Å². The minimum atomic E-state index is -0.605. The molecule has 0 saturated carbocycles. The van der Waals surface area contributed by atoms with Crippen molar-refractivity contribution in [1.82, 2.24) is 0 Å². The summed E-state index contributed by atoms with van der Waals surface area (Å²) in [6.45, 7) is 1.98. The van der Waals surface area contributed by atoms with Crippen LogP contribution >= 0.6 is 0 Å². The summed E-state index contributed by atoms with van der Waals surface area (Å²) in [6.07, 6.45) is 0.765. The molecule has 2 aromatic carbocycles. The summed E-state index contributed by atoms with van der Waals surface area (Å²) in [6, 6.07) is 11.6. The number of hydrogen-bond donors (Lipinski definition) is 2. The Morgan fingerprint density at radius 2 is 1.95 bits per heavy atom. The Bertz CT molecular complexity index is 698. The number of rotatable bonds is 4. The number of nitrogen functional groups attached to an aromatic ring is 1. The zero-order valence-corrected chi connectivity index (χ0v) is 11.5. The normalized spacial score (nSPS) is 10.1. The fourth-order valence-electron chi connectivity index (χ4n) is 2.05. The molecule has 0 unspecified atom stereocenters. The summed E-state index contributed by atoms with van der Waals surface area (Å²) in [5.41, 5.74) is 7.06. The van der Waals surface area contributed by atoms with Gasteiger partial charge in [0.1, 0.15) is 5.69 Å². The molecule has 21 heavy (non-hydrogen) atoms. The number of nitro groups is 1. The zero-order valence-electron chi connectivity index (χ0n) is 11.5. The van der Waals surface area contributed by atoms with Gasteiger partial charge in [-0.05, 0) is 24.1 Å². The number of anilines is 2. The van der Waals surface area contributed by atoms with Crippen LogP contribution in [0.3, 0.4) is 0 Å².